The van der Waals surface area contributed by atoms with Crippen LogP contribution in [0.5, 0.6) is 0 Å². The Labute approximate surface area is 188 Å². The Kier molecular flexibility index (Phi) is 8.63. The summed E-state index contributed by atoms with van der Waals surface area (Å²) in [6, 6.07) is 6.86. The zero-order chi connectivity index (χ0) is 23.9. The van der Waals surface area contributed by atoms with Crippen molar-refractivity contribution in [1.29, 1.82) is 0 Å². The van der Waals surface area contributed by atoms with Crippen molar-refractivity contribution in [3.63, 3.8) is 0 Å². The largest absolute Gasteiger partial charge is 0.459 e. The first kappa shape index (κ1) is 25.2. The molecule has 32 heavy (non-hydrogen) atoms. The van der Waals surface area contributed by atoms with Gasteiger partial charge in [-0.2, -0.15) is 0 Å². The fraction of sp³-hybridized carbons (Fsp3) is 0.565. The summed E-state index contributed by atoms with van der Waals surface area (Å²) in [5.74, 6) is -1.36. The highest BCUT2D eigenvalue weighted by atomic mass is 16.6. The minimum absolute atomic E-state index is 0.137. The third kappa shape index (κ3) is 7.55. The maximum absolute atomic E-state index is 12.9. The van der Waals surface area contributed by atoms with Crippen LogP contribution in [0.4, 0.5) is 4.79 Å². The number of amides is 3. The van der Waals surface area contributed by atoms with E-state index in [9.17, 15) is 19.2 Å². The Hall–Kier alpha value is -3.10. The Morgan fingerprint density at radius 1 is 1.06 bits per heavy atom. The summed E-state index contributed by atoms with van der Waals surface area (Å²) in [6.07, 6.45) is 0.463. The summed E-state index contributed by atoms with van der Waals surface area (Å²) in [7, 11) is 0. The van der Waals surface area contributed by atoms with E-state index >= 15 is 0 Å². The number of nitrogens with zero attached hydrogens (tertiary/aromatic N) is 1. The molecule has 1 fully saturated rings. The van der Waals surface area contributed by atoms with E-state index in [0.717, 1.165) is 5.56 Å². The number of ether oxygens (including phenoxy) is 2. The van der Waals surface area contributed by atoms with Crippen LogP contribution in [0.15, 0.2) is 30.3 Å². The number of alkyl carbamates (subject to hydrolysis) is 1. The van der Waals surface area contributed by atoms with Crippen LogP contribution in [-0.2, 0) is 30.5 Å². The molecule has 1 heterocycles. The van der Waals surface area contributed by atoms with Crippen LogP contribution in [0.2, 0.25) is 0 Å². The van der Waals surface area contributed by atoms with Crippen molar-refractivity contribution >= 4 is 23.9 Å². The SMILES string of the molecule is C[C@H](NC(=O)OC(C)(C)C)C(=O)N[C@@H](C)C(=O)N1CCC[C@H]1C(=O)OCc1ccccc1. The van der Waals surface area contributed by atoms with E-state index < -0.39 is 41.7 Å². The van der Waals surface area contributed by atoms with Gasteiger partial charge in [0, 0.05) is 6.54 Å². The molecule has 3 amide bonds. The van der Waals surface area contributed by atoms with Gasteiger partial charge in [-0.3, -0.25) is 9.59 Å². The molecule has 3 atom stereocenters. The van der Waals surface area contributed by atoms with Crippen LogP contribution in [0, 0.1) is 0 Å². The highest BCUT2D eigenvalue weighted by Crippen LogP contribution is 2.20. The van der Waals surface area contributed by atoms with Crippen LogP contribution in [0.3, 0.4) is 0 Å². The second kappa shape index (κ2) is 11.0. The van der Waals surface area contributed by atoms with Crippen molar-refractivity contribution in [1.82, 2.24) is 15.5 Å². The Balaban J connectivity index is 1.87. The van der Waals surface area contributed by atoms with Gasteiger partial charge in [-0.15, -0.1) is 0 Å². The van der Waals surface area contributed by atoms with Gasteiger partial charge in [0.1, 0.15) is 30.3 Å². The molecule has 1 saturated heterocycles. The fourth-order valence-corrected chi connectivity index (χ4v) is 3.30. The number of hydrogen-bond acceptors (Lipinski definition) is 6. The van der Waals surface area contributed by atoms with E-state index in [1.165, 1.54) is 11.8 Å². The van der Waals surface area contributed by atoms with Crippen LogP contribution >= 0.6 is 0 Å². The summed E-state index contributed by atoms with van der Waals surface area (Å²) in [4.78, 5) is 51.1. The number of hydrogen-bond donors (Lipinski definition) is 2. The highest BCUT2D eigenvalue weighted by Gasteiger charge is 2.37. The second-order valence-corrected chi connectivity index (χ2v) is 8.88. The van der Waals surface area contributed by atoms with Gasteiger partial charge in [0.15, 0.2) is 0 Å². The van der Waals surface area contributed by atoms with Gasteiger partial charge < -0.3 is 25.0 Å². The van der Waals surface area contributed by atoms with Crippen molar-refractivity contribution in [2.45, 2.75) is 77.8 Å². The van der Waals surface area contributed by atoms with E-state index in [2.05, 4.69) is 10.6 Å². The fourth-order valence-electron chi connectivity index (χ4n) is 3.30. The molecule has 0 bridgehead atoms. The maximum atomic E-state index is 12.9. The number of benzene rings is 1. The van der Waals surface area contributed by atoms with E-state index in [1.807, 2.05) is 30.3 Å². The van der Waals surface area contributed by atoms with Gasteiger partial charge in [0.05, 0.1) is 0 Å². The normalized spacial score (nSPS) is 17.8. The predicted octanol–water partition coefficient (Wildman–Crippen LogP) is 2.14. The van der Waals surface area contributed by atoms with Crippen LogP contribution < -0.4 is 10.6 Å². The molecule has 1 aliphatic heterocycles. The highest BCUT2D eigenvalue weighted by molar-refractivity contribution is 5.93. The maximum Gasteiger partial charge on any atom is 0.408 e. The summed E-state index contributed by atoms with van der Waals surface area (Å²) in [5, 5.41) is 5.03. The topological polar surface area (TPSA) is 114 Å². The quantitative estimate of drug-likeness (QED) is 0.619. The van der Waals surface area contributed by atoms with Crippen molar-refractivity contribution < 1.29 is 28.7 Å². The zero-order valence-electron chi connectivity index (χ0n) is 19.3. The first-order valence-electron chi connectivity index (χ1n) is 10.8. The number of likely N-dealkylation sites (tertiary alicyclic amines) is 1. The van der Waals surface area contributed by atoms with E-state index in [-0.39, 0.29) is 12.5 Å². The van der Waals surface area contributed by atoms with E-state index in [0.29, 0.717) is 19.4 Å². The molecule has 1 aromatic rings. The molecule has 2 rings (SSSR count). The lowest BCUT2D eigenvalue weighted by atomic mass is 10.2. The predicted molar refractivity (Wildman–Crippen MR) is 117 cm³/mol. The van der Waals surface area contributed by atoms with Gasteiger partial charge in [0.25, 0.3) is 0 Å². The molecule has 9 heteroatoms. The van der Waals surface area contributed by atoms with Gasteiger partial charge in [-0.1, -0.05) is 30.3 Å². The molecule has 9 nitrogen and oxygen atoms in total. The number of carbonyl (C=O) groups excluding carboxylic acids is 4. The smallest absolute Gasteiger partial charge is 0.408 e. The second-order valence-electron chi connectivity index (χ2n) is 8.88. The molecule has 176 valence electrons. The van der Waals surface area contributed by atoms with Crippen molar-refractivity contribution in [2.75, 3.05) is 6.54 Å². The van der Waals surface area contributed by atoms with Gasteiger partial charge in [-0.05, 0) is 53.0 Å². The molecule has 1 aromatic carbocycles. The van der Waals surface area contributed by atoms with Gasteiger partial charge in [0.2, 0.25) is 11.8 Å². The monoisotopic (exact) mass is 447 g/mol. The average Bonchev–Trinajstić information content (AvgIpc) is 3.20. The zero-order valence-corrected chi connectivity index (χ0v) is 19.3. The van der Waals surface area contributed by atoms with Gasteiger partial charge in [-0.25, -0.2) is 9.59 Å². The summed E-state index contributed by atoms with van der Waals surface area (Å²) >= 11 is 0. The van der Waals surface area contributed by atoms with Crippen LogP contribution in [-0.4, -0.2) is 59.0 Å². The van der Waals surface area contributed by atoms with E-state index in [4.69, 9.17) is 9.47 Å². The number of carbonyl (C=O) groups is 4. The molecule has 2 N–H and O–H groups in total. The number of rotatable bonds is 7. The van der Waals surface area contributed by atoms with Crippen LogP contribution in [0.25, 0.3) is 0 Å². The molecule has 0 aliphatic carbocycles. The first-order valence-corrected chi connectivity index (χ1v) is 10.8. The standard InChI is InChI=1S/C23H33N3O6/c1-15(25-22(30)32-23(3,4)5)19(27)24-16(2)20(28)26-13-9-12-18(26)21(29)31-14-17-10-7-6-8-11-17/h6-8,10-11,15-16,18H,9,12-14H2,1-5H3,(H,24,27)(H,25,30)/t15-,16-,18-/m0/s1. The number of esters is 1. The Morgan fingerprint density at radius 2 is 1.72 bits per heavy atom. The molecular weight excluding hydrogens is 414 g/mol. The molecule has 0 spiro atoms. The molecular formula is C23H33N3O6. The summed E-state index contributed by atoms with van der Waals surface area (Å²) in [6.45, 7) is 8.75. The van der Waals surface area contributed by atoms with Crippen LogP contribution in [0.1, 0.15) is 53.0 Å². The lowest BCUT2D eigenvalue weighted by molar-refractivity contribution is -0.155. The van der Waals surface area contributed by atoms with Crippen molar-refractivity contribution in [3.8, 4) is 0 Å². The molecule has 0 saturated carbocycles. The molecule has 0 radical (unpaired) electrons. The summed E-state index contributed by atoms with van der Waals surface area (Å²) < 4.78 is 10.5. The van der Waals surface area contributed by atoms with E-state index in [1.54, 1.807) is 27.7 Å². The van der Waals surface area contributed by atoms with Crippen molar-refractivity contribution in [3.05, 3.63) is 35.9 Å². The Bertz CT molecular complexity index is 821. The average molecular weight is 448 g/mol. The number of nitrogens with one attached hydrogen (secondary N) is 2. The lowest BCUT2D eigenvalue weighted by Gasteiger charge is -2.27. The summed E-state index contributed by atoms with van der Waals surface area (Å²) in [5.41, 5.74) is 0.174. The molecule has 0 aromatic heterocycles. The Morgan fingerprint density at radius 3 is 2.34 bits per heavy atom. The minimum Gasteiger partial charge on any atom is -0.459 e. The lowest BCUT2D eigenvalue weighted by Crippen LogP contribution is -2.54. The third-order valence-electron chi connectivity index (χ3n) is 4.89. The third-order valence-corrected chi connectivity index (χ3v) is 4.89. The molecule has 1 aliphatic rings. The van der Waals surface area contributed by atoms with Gasteiger partial charge >= 0.3 is 12.1 Å². The minimum atomic E-state index is -0.898. The molecule has 0 unspecified atom stereocenters. The van der Waals surface area contributed by atoms with Crippen molar-refractivity contribution in [2.24, 2.45) is 0 Å². The first-order chi connectivity index (χ1) is 15.0.